The summed E-state index contributed by atoms with van der Waals surface area (Å²) < 4.78 is 26.0. The predicted octanol–water partition coefficient (Wildman–Crippen LogP) is 6.66. The standard InChI is InChI=1S/C29H24O4/c1-5-13-21(14-6-1)25-26(22-15-7-2-8-16-22)31-29(30-25)32-27(23-17-9-3-10-18-23)28(33-29)24-19-11-4-12-20-24/h1-20,25-28H. The Kier molecular flexibility index (Phi) is 5.29. The molecular weight excluding hydrogens is 412 g/mol. The fraction of sp³-hybridized carbons (Fsp3) is 0.172. The van der Waals surface area contributed by atoms with E-state index in [1.54, 1.807) is 0 Å². The maximum Gasteiger partial charge on any atom is 0.415 e. The van der Waals surface area contributed by atoms with E-state index in [4.69, 9.17) is 18.9 Å². The summed E-state index contributed by atoms with van der Waals surface area (Å²) in [5.41, 5.74) is 4.04. The Bertz CT molecular complexity index is 986. The van der Waals surface area contributed by atoms with Gasteiger partial charge in [-0.3, -0.25) is 18.9 Å². The summed E-state index contributed by atoms with van der Waals surface area (Å²) in [6.45, 7) is 0. The Morgan fingerprint density at radius 3 is 0.758 bits per heavy atom. The van der Waals surface area contributed by atoms with E-state index in [1.807, 2.05) is 121 Å². The normalized spacial score (nSPS) is 28.8. The van der Waals surface area contributed by atoms with E-state index in [9.17, 15) is 0 Å². The van der Waals surface area contributed by atoms with Crippen molar-refractivity contribution in [3.05, 3.63) is 144 Å². The summed E-state index contributed by atoms with van der Waals surface area (Å²) >= 11 is 0. The molecule has 2 saturated heterocycles. The van der Waals surface area contributed by atoms with Gasteiger partial charge in [0.05, 0.1) is 0 Å². The van der Waals surface area contributed by atoms with Crippen LogP contribution in [0, 0.1) is 0 Å². The van der Waals surface area contributed by atoms with Crippen LogP contribution >= 0.6 is 0 Å². The fourth-order valence-electron chi connectivity index (χ4n) is 4.58. The lowest BCUT2D eigenvalue weighted by Gasteiger charge is -2.20. The number of rotatable bonds is 4. The van der Waals surface area contributed by atoms with Crippen LogP contribution in [0.15, 0.2) is 121 Å². The number of hydrogen-bond acceptors (Lipinski definition) is 4. The van der Waals surface area contributed by atoms with Gasteiger partial charge in [-0.2, -0.15) is 0 Å². The lowest BCUT2D eigenvalue weighted by Crippen LogP contribution is -2.31. The minimum atomic E-state index is -1.61. The van der Waals surface area contributed by atoms with Gasteiger partial charge in [-0.1, -0.05) is 121 Å². The van der Waals surface area contributed by atoms with Crippen LogP contribution in [-0.2, 0) is 18.9 Å². The Morgan fingerprint density at radius 1 is 0.333 bits per heavy atom. The van der Waals surface area contributed by atoms with Gasteiger partial charge in [0.1, 0.15) is 24.4 Å². The van der Waals surface area contributed by atoms with Crippen molar-refractivity contribution in [1.82, 2.24) is 0 Å². The minimum Gasteiger partial charge on any atom is -0.292 e. The van der Waals surface area contributed by atoms with Crippen LogP contribution in [0.2, 0.25) is 0 Å². The van der Waals surface area contributed by atoms with E-state index in [0.29, 0.717) is 0 Å². The Morgan fingerprint density at radius 2 is 0.545 bits per heavy atom. The molecule has 4 heteroatoms. The lowest BCUT2D eigenvalue weighted by atomic mass is 9.99. The SMILES string of the molecule is c1ccc(C2OC3(OC2c2ccccc2)OC(c2ccccc2)C(c2ccccc2)O3)cc1. The molecule has 2 fully saturated rings. The molecular formula is C29H24O4. The molecule has 0 bridgehead atoms. The quantitative estimate of drug-likeness (QED) is 0.359. The van der Waals surface area contributed by atoms with Gasteiger partial charge in [0.15, 0.2) is 0 Å². The highest BCUT2D eigenvalue weighted by Gasteiger charge is 2.60. The van der Waals surface area contributed by atoms with Crippen molar-refractivity contribution >= 4 is 0 Å². The summed E-state index contributed by atoms with van der Waals surface area (Å²) in [6, 6.07) is 40.3. The van der Waals surface area contributed by atoms with Crippen LogP contribution in [-0.4, -0.2) is 6.16 Å². The zero-order chi connectivity index (χ0) is 22.1. The maximum atomic E-state index is 6.50. The third-order valence-electron chi connectivity index (χ3n) is 6.15. The number of benzene rings is 4. The molecule has 4 aromatic rings. The van der Waals surface area contributed by atoms with E-state index in [-0.39, 0.29) is 24.4 Å². The molecule has 0 aliphatic carbocycles. The predicted molar refractivity (Wildman–Crippen MR) is 124 cm³/mol. The van der Waals surface area contributed by atoms with E-state index in [1.165, 1.54) is 0 Å². The molecule has 33 heavy (non-hydrogen) atoms. The van der Waals surface area contributed by atoms with Crippen LogP contribution in [0.1, 0.15) is 46.7 Å². The van der Waals surface area contributed by atoms with Gasteiger partial charge in [-0.25, -0.2) is 0 Å². The molecule has 0 amide bonds. The average molecular weight is 437 g/mol. The van der Waals surface area contributed by atoms with Gasteiger partial charge >= 0.3 is 6.16 Å². The van der Waals surface area contributed by atoms with Gasteiger partial charge in [-0.15, -0.1) is 0 Å². The zero-order valence-corrected chi connectivity index (χ0v) is 18.0. The molecule has 4 aromatic carbocycles. The third kappa shape index (κ3) is 3.88. The summed E-state index contributed by atoms with van der Waals surface area (Å²) in [5, 5.41) is 0. The Hall–Kier alpha value is -3.28. The van der Waals surface area contributed by atoms with Crippen molar-refractivity contribution in [2.45, 2.75) is 30.6 Å². The Balaban J connectivity index is 1.40. The molecule has 0 N–H and O–H groups in total. The first-order chi connectivity index (χ1) is 16.3. The second-order valence-electron chi connectivity index (χ2n) is 8.30. The highest BCUT2D eigenvalue weighted by molar-refractivity contribution is 5.29. The van der Waals surface area contributed by atoms with Gasteiger partial charge in [0, 0.05) is 0 Å². The first-order valence-corrected chi connectivity index (χ1v) is 11.2. The number of hydrogen-bond donors (Lipinski definition) is 0. The van der Waals surface area contributed by atoms with Crippen molar-refractivity contribution in [2.24, 2.45) is 0 Å². The van der Waals surface area contributed by atoms with Crippen molar-refractivity contribution < 1.29 is 18.9 Å². The molecule has 0 radical (unpaired) electrons. The monoisotopic (exact) mass is 436 g/mol. The highest BCUT2D eigenvalue weighted by atomic mass is 17.1. The summed E-state index contributed by atoms with van der Waals surface area (Å²) in [6.07, 6.45) is -3.11. The third-order valence-corrected chi connectivity index (χ3v) is 6.15. The topological polar surface area (TPSA) is 36.9 Å². The molecule has 4 nitrogen and oxygen atoms in total. The second kappa shape index (κ2) is 8.58. The van der Waals surface area contributed by atoms with Gasteiger partial charge < -0.3 is 0 Å². The van der Waals surface area contributed by atoms with Crippen LogP contribution < -0.4 is 0 Å². The number of ether oxygens (including phenoxy) is 4. The Labute approximate surface area is 193 Å². The minimum absolute atomic E-state index is 0.375. The summed E-state index contributed by atoms with van der Waals surface area (Å²) in [7, 11) is 0. The van der Waals surface area contributed by atoms with Gasteiger partial charge in [-0.05, 0) is 22.3 Å². The second-order valence-corrected chi connectivity index (χ2v) is 8.30. The first kappa shape index (κ1) is 20.3. The molecule has 4 unspecified atom stereocenters. The summed E-state index contributed by atoms with van der Waals surface area (Å²) in [5.74, 6) is 0. The van der Waals surface area contributed by atoms with Gasteiger partial charge in [0.25, 0.3) is 0 Å². The van der Waals surface area contributed by atoms with Crippen molar-refractivity contribution in [1.29, 1.82) is 0 Å². The maximum absolute atomic E-state index is 6.50. The smallest absolute Gasteiger partial charge is 0.292 e. The van der Waals surface area contributed by atoms with Crippen molar-refractivity contribution in [3.8, 4) is 0 Å². The van der Waals surface area contributed by atoms with Gasteiger partial charge in [0.2, 0.25) is 0 Å². The zero-order valence-electron chi connectivity index (χ0n) is 18.0. The van der Waals surface area contributed by atoms with Crippen molar-refractivity contribution in [2.75, 3.05) is 0 Å². The van der Waals surface area contributed by atoms with E-state index < -0.39 is 6.16 Å². The molecule has 2 aliphatic rings. The molecule has 0 saturated carbocycles. The molecule has 4 atom stereocenters. The van der Waals surface area contributed by atoms with Crippen LogP contribution in [0.5, 0.6) is 0 Å². The van der Waals surface area contributed by atoms with Crippen molar-refractivity contribution in [3.63, 3.8) is 0 Å². The summed E-state index contributed by atoms with van der Waals surface area (Å²) in [4.78, 5) is 0. The highest BCUT2D eigenvalue weighted by Crippen LogP contribution is 2.56. The van der Waals surface area contributed by atoms with E-state index in [2.05, 4.69) is 0 Å². The van der Waals surface area contributed by atoms with E-state index >= 15 is 0 Å². The van der Waals surface area contributed by atoms with Crippen LogP contribution in [0.4, 0.5) is 0 Å². The fourth-order valence-corrected chi connectivity index (χ4v) is 4.58. The largest absolute Gasteiger partial charge is 0.415 e. The molecule has 2 heterocycles. The lowest BCUT2D eigenvalue weighted by molar-refractivity contribution is -0.441. The first-order valence-electron chi connectivity index (χ1n) is 11.2. The van der Waals surface area contributed by atoms with Crippen LogP contribution in [0.25, 0.3) is 0 Å². The van der Waals surface area contributed by atoms with Crippen LogP contribution in [0.3, 0.4) is 0 Å². The molecule has 164 valence electrons. The molecule has 6 rings (SSSR count). The molecule has 2 aliphatic heterocycles. The molecule has 1 spiro atoms. The molecule has 0 aromatic heterocycles. The average Bonchev–Trinajstić information content (AvgIpc) is 3.47. The van der Waals surface area contributed by atoms with E-state index in [0.717, 1.165) is 22.3 Å².